The molecular formula is C20H23N3O3. The molecule has 0 N–H and O–H groups in total. The average Bonchev–Trinajstić information content (AvgIpc) is 2.64. The third kappa shape index (κ3) is 5.17. The molecule has 0 fully saturated rings. The molecule has 0 aromatic heterocycles. The monoisotopic (exact) mass is 353 g/mol. The van der Waals surface area contributed by atoms with Gasteiger partial charge in [0.25, 0.3) is 0 Å². The standard InChI is InChI=1S/C20H23N3O3/c1-15-9-5-8-12-18(15)26-13-16-10-6-7-11-17(16)19(22-25-4)20(24)21-14-23(2)3/h5-12,14H,13H2,1-4H3. The average molecular weight is 353 g/mol. The highest BCUT2D eigenvalue weighted by Gasteiger charge is 2.18. The number of para-hydroxylation sites is 1. The highest BCUT2D eigenvalue weighted by molar-refractivity contribution is 6.46. The second-order valence-electron chi connectivity index (χ2n) is 5.85. The quantitative estimate of drug-likeness (QED) is 0.436. The van der Waals surface area contributed by atoms with Gasteiger partial charge in [-0.15, -0.1) is 0 Å². The van der Waals surface area contributed by atoms with Crippen LogP contribution in [0.2, 0.25) is 0 Å². The summed E-state index contributed by atoms with van der Waals surface area (Å²) in [7, 11) is 4.97. The molecule has 0 unspecified atom stereocenters. The van der Waals surface area contributed by atoms with Crippen molar-refractivity contribution >= 4 is 18.0 Å². The Hall–Kier alpha value is -3.15. The van der Waals surface area contributed by atoms with E-state index in [9.17, 15) is 4.79 Å². The van der Waals surface area contributed by atoms with Crippen molar-refractivity contribution in [3.8, 4) is 5.75 Å². The number of carbonyl (C=O) groups is 1. The van der Waals surface area contributed by atoms with E-state index in [1.807, 2.05) is 49.4 Å². The lowest BCUT2D eigenvalue weighted by molar-refractivity contribution is -0.111. The lowest BCUT2D eigenvalue weighted by atomic mass is 10.0. The van der Waals surface area contributed by atoms with Gasteiger partial charge < -0.3 is 14.5 Å². The normalized spacial score (nSPS) is 11.5. The molecule has 26 heavy (non-hydrogen) atoms. The minimum atomic E-state index is -0.483. The largest absolute Gasteiger partial charge is 0.489 e. The van der Waals surface area contributed by atoms with Crippen molar-refractivity contribution in [1.29, 1.82) is 0 Å². The van der Waals surface area contributed by atoms with Gasteiger partial charge in [-0.25, -0.2) is 0 Å². The molecule has 0 spiro atoms. The number of carbonyl (C=O) groups excluding carboxylic acids is 1. The summed E-state index contributed by atoms with van der Waals surface area (Å²) in [5, 5.41) is 3.88. The first-order chi connectivity index (χ1) is 12.5. The molecule has 0 aliphatic carbocycles. The molecule has 2 aromatic rings. The summed E-state index contributed by atoms with van der Waals surface area (Å²) in [6.45, 7) is 2.28. The molecule has 0 saturated carbocycles. The fourth-order valence-corrected chi connectivity index (χ4v) is 2.27. The maximum Gasteiger partial charge on any atom is 0.301 e. The molecule has 6 nitrogen and oxygen atoms in total. The number of amides is 1. The molecular weight excluding hydrogens is 330 g/mol. The van der Waals surface area contributed by atoms with Crippen molar-refractivity contribution in [3.63, 3.8) is 0 Å². The molecule has 0 heterocycles. The molecule has 1 amide bonds. The first-order valence-electron chi connectivity index (χ1n) is 8.15. The van der Waals surface area contributed by atoms with E-state index in [2.05, 4.69) is 10.1 Å². The third-order valence-electron chi connectivity index (χ3n) is 3.54. The topological polar surface area (TPSA) is 63.5 Å². The van der Waals surface area contributed by atoms with Crippen LogP contribution in [0.4, 0.5) is 0 Å². The fraction of sp³-hybridized carbons (Fsp3) is 0.250. The first kappa shape index (κ1) is 19.2. The number of aliphatic imine (C=N–C) groups is 1. The smallest absolute Gasteiger partial charge is 0.301 e. The lowest BCUT2D eigenvalue weighted by Gasteiger charge is -2.12. The van der Waals surface area contributed by atoms with Crippen molar-refractivity contribution in [2.24, 2.45) is 10.1 Å². The van der Waals surface area contributed by atoms with Gasteiger partial charge in [-0.05, 0) is 24.1 Å². The van der Waals surface area contributed by atoms with Crippen molar-refractivity contribution in [1.82, 2.24) is 4.90 Å². The maximum absolute atomic E-state index is 12.4. The number of hydrogen-bond donors (Lipinski definition) is 0. The minimum Gasteiger partial charge on any atom is -0.489 e. The predicted octanol–water partition coefficient (Wildman–Crippen LogP) is 3.04. The summed E-state index contributed by atoms with van der Waals surface area (Å²) < 4.78 is 5.92. The van der Waals surface area contributed by atoms with Crippen molar-refractivity contribution in [2.45, 2.75) is 13.5 Å². The SMILES string of the molecule is CON=C(C(=O)N=CN(C)C)c1ccccc1COc1ccccc1C. The van der Waals surface area contributed by atoms with Gasteiger partial charge in [0.15, 0.2) is 5.71 Å². The van der Waals surface area contributed by atoms with Crippen LogP contribution in [-0.4, -0.2) is 44.1 Å². The number of aryl methyl sites for hydroxylation is 1. The first-order valence-corrected chi connectivity index (χ1v) is 8.15. The molecule has 6 heteroatoms. The zero-order valence-electron chi connectivity index (χ0n) is 15.5. The van der Waals surface area contributed by atoms with Crippen LogP contribution in [0, 0.1) is 6.92 Å². The Labute approximate surface area is 153 Å². The van der Waals surface area contributed by atoms with E-state index >= 15 is 0 Å². The molecule has 0 radical (unpaired) electrons. The minimum absolute atomic E-state index is 0.134. The van der Waals surface area contributed by atoms with E-state index in [1.165, 1.54) is 13.4 Å². The van der Waals surface area contributed by atoms with Crippen molar-refractivity contribution in [2.75, 3.05) is 21.2 Å². The Morgan fingerprint density at radius 2 is 1.81 bits per heavy atom. The van der Waals surface area contributed by atoms with Crippen LogP contribution in [-0.2, 0) is 16.2 Å². The second-order valence-corrected chi connectivity index (χ2v) is 5.85. The molecule has 0 aliphatic heterocycles. The Kier molecular flexibility index (Phi) is 6.91. The summed E-state index contributed by atoms with van der Waals surface area (Å²) in [5.74, 6) is 0.313. The van der Waals surface area contributed by atoms with Crippen molar-refractivity contribution < 1.29 is 14.4 Å². The van der Waals surface area contributed by atoms with Crippen LogP contribution in [0.3, 0.4) is 0 Å². The summed E-state index contributed by atoms with van der Waals surface area (Å²) in [4.78, 5) is 22.9. The highest BCUT2D eigenvalue weighted by Crippen LogP contribution is 2.20. The van der Waals surface area contributed by atoms with Gasteiger partial charge >= 0.3 is 5.91 Å². The lowest BCUT2D eigenvalue weighted by Crippen LogP contribution is -2.19. The highest BCUT2D eigenvalue weighted by atomic mass is 16.6. The molecule has 2 rings (SSSR count). The van der Waals surface area contributed by atoms with Gasteiger partial charge in [0, 0.05) is 19.7 Å². The Balaban J connectivity index is 2.29. The van der Waals surface area contributed by atoms with Crippen LogP contribution in [0.25, 0.3) is 0 Å². The number of ether oxygens (including phenoxy) is 1. The number of nitrogens with zero attached hydrogens (tertiary/aromatic N) is 3. The number of benzene rings is 2. The fourth-order valence-electron chi connectivity index (χ4n) is 2.27. The summed E-state index contributed by atoms with van der Waals surface area (Å²) in [6.07, 6.45) is 1.43. The zero-order chi connectivity index (χ0) is 18.9. The van der Waals surface area contributed by atoms with Crippen LogP contribution >= 0.6 is 0 Å². The molecule has 0 atom stereocenters. The molecule has 136 valence electrons. The zero-order valence-corrected chi connectivity index (χ0v) is 15.5. The summed E-state index contributed by atoms with van der Waals surface area (Å²) in [5.41, 5.74) is 2.63. The van der Waals surface area contributed by atoms with E-state index in [0.29, 0.717) is 12.2 Å². The maximum atomic E-state index is 12.4. The number of hydrogen-bond acceptors (Lipinski definition) is 4. The predicted molar refractivity (Wildman–Crippen MR) is 103 cm³/mol. The number of rotatable bonds is 7. The van der Waals surface area contributed by atoms with Gasteiger partial charge in [-0.3, -0.25) is 4.79 Å². The second kappa shape index (κ2) is 9.36. The van der Waals surface area contributed by atoms with Gasteiger partial charge in [0.2, 0.25) is 0 Å². The summed E-state index contributed by atoms with van der Waals surface area (Å²) >= 11 is 0. The van der Waals surface area contributed by atoms with Crippen LogP contribution in [0.5, 0.6) is 5.75 Å². The molecule has 0 aliphatic rings. The van der Waals surface area contributed by atoms with Gasteiger partial charge in [-0.2, -0.15) is 4.99 Å². The Bertz CT molecular complexity index is 813. The van der Waals surface area contributed by atoms with E-state index in [1.54, 1.807) is 25.1 Å². The Morgan fingerprint density at radius 1 is 1.12 bits per heavy atom. The van der Waals surface area contributed by atoms with Crippen molar-refractivity contribution in [3.05, 3.63) is 65.2 Å². The van der Waals surface area contributed by atoms with Crippen LogP contribution in [0.15, 0.2) is 58.7 Å². The van der Waals surface area contributed by atoms with Crippen LogP contribution < -0.4 is 4.74 Å². The van der Waals surface area contributed by atoms with E-state index in [-0.39, 0.29) is 5.71 Å². The molecule has 2 aromatic carbocycles. The summed E-state index contributed by atoms with van der Waals surface area (Å²) in [6, 6.07) is 15.2. The molecule has 0 bridgehead atoms. The third-order valence-corrected chi connectivity index (χ3v) is 3.54. The van der Waals surface area contributed by atoms with Gasteiger partial charge in [-0.1, -0.05) is 47.6 Å². The van der Waals surface area contributed by atoms with E-state index in [0.717, 1.165) is 16.9 Å². The Morgan fingerprint density at radius 3 is 2.50 bits per heavy atom. The van der Waals surface area contributed by atoms with Crippen LogP contribution in [0.1, 0.15) is 16.7 Å². The van der Waals surface area contributed by atoms with E-state index < -0.39 is 5.91 Å². The van der Waals surface area contributed by atoms with Gasteiger partial charge in [0.1, 0.15) is 19.5 Å². The van der Waals surface area contributed by atoms with E-state index in [4.69, 9.17) is 9.57 Å². The van der Waals surface area contributed by atoms with Gasteiger partial charge in [0.05, 0.1) is 6.34 Å². The molecule has 0 saturated heterocycles. The number of oxime groups is 1.